The van der Waals surface area contributed by atoms with Gasteiger partial charge in [-0.15, -0.1) is 0 Å². The van der Waals surface area contributed by atoms with Crippen LogP contribution < -0.4 is 0 Å². The zero-order valence-electron chi connectivity index (χ0n) is 20.1. The Morgan fingerprint density at radius 3 is 2.34 bits per heavy atom. The van der Waals surface area contributed by atoms with E-state index in [2.05, 4.69) is 28.9 Å². The Balaban J connectivity index is 1.39. The van der Waals surface area contributed by atoms with Gasteiger partial charge in [-0.2, -0.15) is 0 Å². The van der Waals surface area contributed by atoms with Crippen molar-refractivity contribution in [3.05, 3.63) is 53.1 Å². The first-order chi connectivity index (χ1) is 17.0. The van der Waals surface area contributed by atoms with Crippen molar-refractivity contribution >= 4 is 5.97 Å². The molecular formula is C30H33NO4. The number of carbonyl (C=O) groups is 1. The quantitative estimate of drug-likeness (QED) is 0.627. The number of phenols is 1. The summed E-state index contributed by atoms with van der Waals surface area (Å²) in [7, 11) is 0. The molecule has 5 aliphatic rings. The van der Waals surface area contributed by atoms with Crippen molar-refractivity contribution < 1.29 is 19.7 Å². The van der Waals surface area contributed by atoms with Crippen LogP contribution in [0.3, 0.4) is 0 Å². The van der Waals surface area contributed by atoms with Crippen molar-refractivity contribution in [2.45, 2.75) is 50.5 Å². The average Bonchev–Trinajstić information content (AvgIpc) is 2.83. The number of morpholine rings is 1. The van der Waals surface area contributed by atoms with Crippen LogP contribution in [0.2, 0.25) is 0 Å². The molecule has 7 rings (SSSR count). The number of carboxylic acid groups (broad SMARTS) is 1. The number of ether oxygens (including phenoxy) is 1. The van der Waals surface area contributed by atoms with Gasteiger partial charge in [0, 0.05) is 36.7 Å². The smallest absolute Gasteiger partial charge is 0.382 e. The summed E-state index contributed by atoms with van der Waals surface area (Å²) in [5, 5.41) is 20.0. The van der Waals surface area contributed by atoms with Crippen LogP contribution >= 0.6 is 0 Å². The van der Waals surface area contributed by atoms with Gasteiger partial charge >= 0.3 is 5.97 Å². The van der Waals surface area contributed by atoms with Gasteiger partial charge in [-0.3, -0.25) is 4.90 Å². The summed E-state index contributed by atoms with van der Waals surface area (Å²) in [5.74, 6) is 6.78. The SMILES string of the molecule is O=C(O)C#Cc1ccc(-c2ccc(O)c(C34CC5CC(CC(C5)C3)C4)c2)c(CN2CCOCC2)c1. The highest BCUT2D eigenvalue weighted by Crippen LogP contribution is 2.62. The van der Waals surface area contributed by atoms with Crippen LogP contribution in [0.15, 0.2) is 36.4 Å². The molecule has 5 fully saturated rings. The summed E-state index contributed by atoms with van der Waals surface area (Å²) < 4.78 is 5.53. The van der Waals surface area contributed by atoms with Crippen LogP contribution in [0.25, 0.3) is 11.1 Å². The van der Waals surface area contributed by atoms with E-state index in [4.69, 9.17) is 9.84 Å². The number of hydrogen-bond donors (Lipinski definition) is 2. The van der Waals surface area contributed by atoms with Crippen molar-refractivity contribution in [3.8, 4) is 28.7 Å². The van der Waals surface area contributed by atoms with E-state index in [-0.39, 0.29) is 5.41 Å². The van der Waals surface area contributed by atoms with E-state index < -0.39 is 5.97 Å². The number of aliphatic carboxylic acids is 1. The third-order valence-corrected chi connectivity index (χ3v) is 8.83. The Morgan fingerprint density at radius 2 is 1.69 bits per heavy atom. The number of carboxylic acids is 1. The first-order valence-corrected chi connectivity index (χ1v) is 13.0. The Bertz CT molecular complexity index is 1170. The summed E-state index contributed by atoms with van der Waals surface area (Å²) in [6.07, 6.45) is 7.76. The lowest BCUT2D eigenvalue weighted by Gasteiger charge is -2.57. The largest absolute Gasteiger partial charge is 0.508 e. The lowest BCUT2D eigenvalue weighted by Crippen LogP contribution is -2.48. The highest BCUT2D eigenvalue weighted by molar-refractivity contribution is 5.87. The lowest BCUT2D eigenvalue weighted by molar-refractivity contribution is -0.130. The summed E-state index contributed by atoms with van der Waals surface area (Å²) in [6.45, 7) is 3.96. The van der Waals surface area contributed by atoms with Gasteiger partial charge in [-0.25, -0.2) is 4.79 Å². The molecule has 0 amide bonds. The molecule has 2 N–H and O–H groups in total. The molecular weight excluding hydrogens is 438 g/mol. The fraction of sp³-hybridized carbons (Fsp3) is 0.500. The second-order valence-corrected chi connectivity index (χ2v) is 11.2. The molecule has 4 saturated carbocycles. The Morgan fingerprint density at radius 1 is 1.00 bits per heavy atom. The van der Waals surface area contributed by atoms with E-state index in [0.717, 1.165) is 72.9 Å². The van der Waals surface area contributed by atoms with Gasteiger partial charge in [-0.05, 0) is 103 Å². The summed E-state index contributed by atoms with van der Waals surface area (Å²) in [4.78, 5) is 13.3. The van der Waals surface area contributed by atoms with Gasteiger partial charge in [0.05, 0.1) is 13.2 Å². The Labute approximate surface area is 207 Å². The zero-order valence-corrected chi connectivity index (χ0v) is 20.1. The fourth-order valence-electron chi connectivity index (χ4n) is 7.78. The first kappa shape index (κ1) is 22.6. The van der Waals surface area contributed by atoms with Gasteiger partial charge in [0.2, 0.25) is 0 Å². The maximum Gasteiger partial charge on any atom is 0.382 e. The topological polar surface area (TPSA) is 70.0 Å². The third kappa shape index (κ3) is 4.46. The van der Waals surface area contributed by atoms with Gasteiger partial charge in [0.15, 0.2) is 0 Å². The fourth-order valence-corrected chi connectivity index (χ4v) is 7.78. The molecule has 182 valence electrons. The van der Waals surface area contributed by atoms with E-state index in [1.165, 1.54) is 38.5 Å². The third-order valence-electron chi connectivity index (χ3n) is 8.83. The highest BCUT2D eigenvalue weighted by atomic mass is 16.5. The predicted molar refractivity (Wildman–Crippen MR) is 134 cm³/mol. The van der Waals surface area contributed by atoms with Gasteiger partial charge in [0.25, 0.3) is 0 Å². The van der Waals surface area contributed by atoms with Gasteiger partial charge in [0.1, 0.15) is 5.75 Å². The monoisotopic (exact) mass is 471 g/mol. The molecule has 5 nitrogen and oxygen atoms in total. The van der Waals surface area contributed by atoms with Crippen molar-refractivity contribution in [1.29, 1.82) is 0 Å². The molecule has 35 heavy (non-hydrogen) atoms. The average molecular weight is 472 g/mol. The normalized spacial score (nSPS) is 29.5. The van der Waals surface area contributed by atoms with Gasteiger partial charge in [-0.1, -0.05) is 18.1 Å². The molecule has 0 unspecified atom stereocenters. The molecule has 2 aromatic rings. The van der Waals surface area contributed by atoms with Crippen LogP contribution in [0, 0.1) is 29.6 Å². The number of rotatable bonds is 4. The Kier molecular flexibility index (Phi) is 5.82. The van der Waals surface area contributed by atoms with Crippen LogP contribution in [0.4, 0.5) is 0 Å². The van der Waals surface area contributed by atoms with Crippen LogP contribution in [-0.2, 0) is 21.5 Å². The molecule has 2 aromatic carbocycles. The number of benzene rings is 2. The summed E-state index contributed by atoms with van der Waals surface area (Å²) >= 11 is 0. The minimum absolute atomic E-state index is 0.117. The molecule has 1 saturated heterocycles. The van der Waals surface area contributed by atoms with Gasteiger partial charge < -0.3 is 14.9 Å². The lowest BCUT2D eigenvalue weighted by atomic mass is 9.48. The van der Waals surface area contributed by atoms with E-state index in [9.17, 15) is 9.90 Å². The molecule has 0 aromatic heterocycles. The first-order valence-electron chi connectivity index (χ1n) is 13.0. The van der Waals surface area contributed by atoms with Crippen LogP contribution in [0.1, 0.15) is 55.2 Å². The minimum Gasteiger partial charge on any atom is -0.508 e. The van der Waals surface area contributed by atoms with Crippen LogP contribution in [0.5, 0.6) is 5.75 Å². The molecule has 4 bridgehead atoms. The second kappa shape index (κ2) is 9.00. The zero-order chi connectivity index (χ0) is 24.0. The second-order valence-electron chi connectivity index (χ2n) is 11.2. The van der Waals surface area contributed by atoms with E-state index >= 15 is 0 Å². The molecule has 0 spiro atoms. The highest BCUT2D eigenvalue weighted by Gasteiger charge is 2.52. The summed E-state index contributed by atoms with van der Waals surface area (Å²) in [6, 6.07) is 12.2. The molecule has 4 aliphatic carbocycles. The van der Waals surface area contributed by atoms with Crippen molar-refractivity contribution in [1.82, 2.24) is 4.90 Å². The maximum absolute atomic E-state index is 11.0. The number of nitrogens with zero attached hydrogens (tertiary/aromatic N) is 1. The van der Waals surface area contributed by atoms with Crippen molar-refractivity contribution in [3.63, 3.8) is 0 Å². The predicted octanol–water partition coefficient (Wildman–Crippen LogP) is 4.80. The maximum atomic E-state index is 11.0. The van der Waals surface area contributed by atoms with E-state index in [1.54, 1.807) is 0 Å². The standard InChI is InChI=1S/C30H33NO4/c32-28-5-3-24(15-27(28)30-16-21-11-22(17-30)13-23(12-21)18-30)26-4-1-20(2-6-29(33)34)14-25(26)19-31-7-9-35-10-8-31/h1,3-5,14-15,21-23,32H,7-13,16-19H2,(H,33,34). The Hall–Kier alpha value is -2.81. The molecule has 0 atom stereocenters. The molecule has 1 heterocycles. The van der Waals surface area contributed by atoms with E-state index in [1.807, 2.05) is 24.3 Å². The van der Waals surface area contributed by atoms with Crippen molar-refractivity contribution in [2.75, 3.05) is 26.3 Å². The number of aromatic hydroxyl groups is 1. The summed E-state index contributed by atoms with van der Waals surface area (Å²) in [5.41, 5.74) is 5.34. The molecule has 1 aliphatic heterocycles. The number of phenolic OH excluding ortho intramolecular Hbond substituents is 1. The molecule has 0 radical (unpaired) electrons. The van der Waals surface area contributed by atoms with Crippen molar-refractivity contribution in [2.24, 2.45) is 17.8 Å². The van der Waals surface area contributed by atoms with Crippen LogP contribution in [-0.4, -0.2) is 47.4 Å². The minimum atomic E-state index is -1.12. The van der Waals surface area contributed by atoms with E-state index in [0.29, 0.717) is 11.3 Å². The number of hydrogen-bond acceptors (Lipinski definition) is 4. The molecule has 5 heteroatoms.